The standard InChI is InChI=1S/C12H18O/c1-10-6-8-12(9-7-10)13-11-4-2-3-5-11/h6,8,11H,2-5,7,9H2,1H3. The second-order valence-electron chi connectivity index (χ2n) is 4.17. The molecule has 0 N–H and O–H groups in total. The highest BCUT2D eigenvalue weighted by Crippen LogP contribution is 2.26. The molecule has 0 atom stereocenters. The summed E-state index contributed by atoms with van der Waals surface area (Å²) in [6.45, 7) is 2.18. The zero-order chi connectivity index (χ0) is 9.10. The van der Waals surface area contributed by atoms with Gasteiger partial charge in [0.1, 0.15) is 0 Å². The lowest BCUT2D eigenvalue weighted by atomic mass is 10.1. The molecule has 1 nitrogen and oxygen atoms in total. The second-order valence-corrected chi connectivity index (χ2v) is 4.17. The Hall–Kier alpha value is -0.720. The molecule has 1 fully saturated rings. The monoisotopic (exact) mass is 178 g/mol. The summed E-state index contributed by atoms with van der Waals surface area (Å²) in [4.78, 5) is 0. The predicted octanol–water partition coefficient (Wildman–Crippen LogP) is 3.57. The van der Waals surface area contributed by atoms with Crippen LogP contribution >= 0.6 is 0 Å². The third-order valence-electron chi connectivity index (χ3n) is 2.94. The molecule has 0 bridgehead atoms. The van der Waals surface area contributed by atoms with Gasteiger partial charge in [0.05, 0.1) is 11.9 Å². The maximum Gasteiger partial charge on any atom is 0.0982 e. The van der Waals surface area contributed by atoms with Gasteiger partial charge in [-0.2, -0.15) is 0 Å². The highest BCUT2D eigenvalue weighted by atomic mass is 16.5. The van der Waals surface area contributed by atoms with Crippen LogP contribution in [0.2, 0.25) is 0 Å². The van der Waals surface area contributed by atoms with Crippen molar-refractivity contribution in [1.82, 2.24) is 0 Å². The summed E-state index contributed by atoms with van der Waals surface area (Å²) in [5.74, 6) is 1.21. The van der Waals surface area contributed by atoms with Crippen molar-refractivity contribution in [3.05, 3.63) is 23.5 Å². The van der Waals surface area contributed by atoms with Crippen molar-refractivity contribution < 1.29 is 4.74 Å². The molecule has 0 unspecified atom stereocenters. The van der Waals surface area contributed by atoms with Gasteiger partial charge in [0.2, 0.25) is 0 Å². The van der Waals surface area contributed by atoms with E-state index < -0.39 is 0 Å². The Morgan fingerprint density at radius 2 is 1.92 bits per heavy atom. The van der Waals surface area contributed by atoms with Gasteiger partial charge in [-0.15, -0.1) is 0 Å². The van der Waals surface area contributed by atoms with Crippen LogP contribution in [0.1, 0.15) is 45.4 Å². The molecule has 72 valence electrons. The zero-order valence-electron chi connectivity index (χ0n) is 8.38. The van der Waals surface area contributed by atoms with Crippen LogP contribution in [0.5, 0.6) is 0 Å². The van der Waals surface area contributed by atoms with Gasteiger partial charge in [-0.25, -0.2) is 0 Å². The van der Waals surface area contributed by atoms with Crippen molar-refractivity contribution in [2.45, 2.75) is 51.6 Å². The van der Waals surface area contributed by atoms with E-state index in [0.29, 0.717) is 6.10 Å². The molecule has 2 aliphatic carbocycles. The fraction of sp³-hybridized carbons (Fsp3) is 0.667. The van der Waals surface area contributed by atoms with Gasteiger partial charge in [-0.1, -0.05) is 11.6 Å². The molecule has 0 spiro atoms. The summed E-state index contributed by atoms with van der Waals surface area (Å²) in [5, 5.41) is 0. The van der Waals surface area contributed by atoms with Crippen molar-refractivity contribution >= 4 is 0 Å². The van der Waals surface area contributed by atoms with Crippen molar-refractivity contribution in [3.8, 4) is 0 Å². The maximum atomic E-state index is 5.92. The third-order valence-corrected chi connectivity index (χ3v) is 2.94. The third kappa shape index (κ3) is 2.36. The van der Waals surface area contributed by atoms with Gasteiger partial charge in [0.25, 0.3) is 0 Å². The predicted molar refractivity (Wildman–Crippen MR) is 54.4 cm³/mol. The Balaban J connectivity index is 1.87. The Morgan fingerprint density at radius 3 is 2.54 bits per heavy atom. The molecular formula is C12H18O. The highest BCUT2D eigenvalue weighted by molar-refractivity contribution is 5.19. The first-order valence-electron chi connectivity index (χ1n) is 5.37. The lowest BCUT2D eigenvalue weighted by Crippen LogP contribution is -2.08. The average Bonchev–Trinajstić information content (AvgIpc) is 2.62. The van der Waals surface area contributed by atoms with E-state index in [1.807, 2.05) is 0 Å². The van der Waals surface area contributed by atoms with Gasteiger partial charge >= 0.3 is 0 Å². The average molecular weight is 178 g/mol. The smallest absolute Gasteiger partial charge is 0.0982 e. The number of hydrogen-bond acceptors (Lipinski definition) is 1. The zero-order valence-corrected chi connectivity index (χ0v) is 8.38. The van der Waals surface area contributed by atoms with Gasteiger partial charge in [0, 0.05) is 6.42 Å². The van der Waals surface area contributed by atoms with Crippen molar-refractivity contribution in [2.75, 3.05) is 0 Å². The summed E-state index contributed by atoms with van der Waals surface area (Å²) in [7, 11) is 0. The molecule has 0 aliphatic heterocycles. The van der Waals surface area contributed by atoms with Crippen LogP contribution in [0.15, 0.2) is 23.5 Å². The fourth-order valence-electron chi connectivity index (χ4n) is 2.04. The van der Waals surface area contributed by atoms with E-state index in [4.69, 9.17) is 4.74 Å². The molecule has 0 saturated heterocycles. The van der Waals surface area contributed by atoms with Crippen molar-refractivity contribution in [2.24, 2.45) is 0 Å². The van der Waals surface area contributed by atoms with Crippen molar-refractivity contribution in [3.63, 3.8) is 0 Å². The molecule has 0 heterocycles. The lowest BCUT2D eigenvalue weighted by molar-refractivity contribution is 0.114. The van der Waals surface area contributed by atoms with Crippen LogP contribution in [-0.2, 0) is 4.74 Å². The Morgan fingerprint density at radius 1 is 1.15 bits per heavy atom. The number of rotatable bonds is 2. The van der Waals surface area contributed by atoms with Crippen LogP contribution < -0.4 is 0 Å². The molecule has 1 saturated carbocycles. The van der Waals surface area contributed by atoms with E-state index in [1.165, 1.54) is 43.4 Å². The Labute approximate surface area is 80.5 Å². The van der Waals surface area contributed by atoms with Gasteiger partial charge in [-0.05, 0) is 45.1 Å². The normalized spacial score (nSPS) is 24.1. The SMILES string of the molecule is CC1=CC=C(OC2CCCC2)CC1. The fourth-order valence-corrected chi connectivity index (χ4v) is 2.04. The van der Waals surface area contributed by atoms with E-state index >= 15 is 0 Å². The minimum atomic E-state index is 0.526. The van der Waals surface area contributed by atoms with E-state index in [-0.39, 0.29) is 0 Å². The number of allylic oxidation sites excluding steroid dienone is 4. The van der Waals surface area contributed by atoms with Crippen LogP contribution in [0, 0.1) is 0 Å². The maximum absolute atomic E-state index is 5.92. The molecular weight excluding hydrogens is 160 g/mol. The highest BCUT2D eigenvalue weighted by Gasteiger charge is 2.17. The molecule has 2 aliphatic rings. The minimum Gasteiger partial charge on any atom is -0.495 e. The topological polar surface area (TPSA) is 9.23 Å². The minimum absolute atomic E-state index is 0.526. The summed E-state index contributed by atoms with van der Waals surface area (Å²) in [6.07, 6.45) is 12.4. The quantitative estimate of drug-likeness (QED) is 0.628. The summed E-state index contributed by atoms with van der Waals surface area (Å²) in [5.41, 5.74) is 1.47. The largest absolute Gasteiger partial charge is 0.495 e. The first-order valence-corrected chi connectivity index (χ1v) is 5.37. The molecule has 13 heavy (non-hydrogen) atoms. The van der Waals surface area contributed by atoms with Gasteiger partial charge in [-0.3, -0.25) is 0 Å². The Bertz CT molecular complexity index is 232. The Kier molecular flexibility index (Phi) is 2.72. The number of hydrogen-bond donors (Lipinski definition) is 0. The van der Waals surface area contributed by atoms with Crippen molar-refractivity contribution in [1.29, 1.82) is 0 Å². The number of ether oxygens (including phenoxy) is 1. The molecule has 1 heteroatoms. The van der Waals surface area contributed by atoms with Gasteiger partial charge < -0.3 is 4.74 Å². The first kappa shape index (κ1) is 8.86. The van der Waals surface area contributed by atoms with E-state index in [1.54, 1.807) is 0 Å². The van der Waals surface area contributed by atoms with Crippen LogP contribution in [0.3, 0.4) is 0 Å². The molecule has 0 aromatic heterocycles. The van der Waals surface area contributed by atoms with E-state index in [2.05, 4.69) is 19.1 Å². The van der Waals surface area contributed by atoms with Crippen LogP contribution in [0.4, 0.5) is 0 Å². The second kappa shape index (κ2) is 3.99. The molecule has 0 aromatic carbocycles. The molecule has 0 amide bonds. The first-order chi connectivity index (χ1) is 6.34. The van der Waals surface area contributed by atoms with E-state index in [0.717, 1.165) is 6.42 Å². The summed E-state index contributed by atoms with van der Waals surface area (Å²) in [6, 6.07) is 0. The van der Waals surface area contributed by atoms with Crippen LogP contribution in [-0.4, -0.2) is 6.10 Å². The summed E-state index contributed by atoms with van der Waals surface area (Å²) < 4.78 is 5.92. The molecule has 0 radical (unpaired) electrons. The molecule has 2 rings (SSSR count). The molecule has 0 aromatic rings. The lowest BCUT2D eigenvalue weighted by Gasteiger charge is -2.18. The van der Waals surface area contributed by atoms with Gasteiger partial charge in [0.15, 0.2) is 0 Å². The summed E-state index contributed by atoms with van der Waals surface area (Å²) >= 11 is 0. The van der Waals surface area contributed by atoms with Crippen LogP contribution in [0.25, 0.3) is 0 Å². The van der Waals surface area contributed by atoms with E-state index in [9.17, 15) is 0 Å².